The van der Waals surface area contributed by atoms with Crippen molar-refractivity contribution in [1.82, 2.24) is 5.32 Å². The summed E-state index contributed by atoms with van der Waals surface area (Å²) in [6, 6.07) is 5.17. The summed E-state index contributed by atoms with van der Waals surface area (Å²) in [6.07, 6.45) is 5.88. The Morgan fingerprint density at radius 1 is 1.33 bits per heavy atom. The highest BCUT2D eigenvalue weighted by atomic mass is 79.9. The summed E-state index contributed by atoms with van der Waals surface area (Å²) >= 11 is 5.35. The summed E-state index contributed by atoms with van der Waals surface area (Å²) in [5.74, 6) is 2.03. The fraction of sp³-hybridized carbons (Fsp3) is 0.667. The van der Waals surface area contributed by atoms with E-state index >= 15 is 0 Å². The average molecular weight is 286 g/mol. The molecule has 2 aliphatic carbocycles. The molecule has 15 heavy (non-hydrogen) atoms. The maximum Gasteiger partial charge on any atom is 0.0701 e. The number of nitrogens with one attached hydrogen (secondary N) is 1. The quantitative estimate of drug-likeness (QED) is 0.891. The van der Waals surface area contributed by atoms with Crippen LogP contribution in [0.25, 0.3) is 0 Å². The van der Waals surface area contributed by atoms with E-state index in [0.29, 0.717) is 0 Å². The molecule has 1 N–H and O–H groups in total. The number of hydrogen-bond donors (Lipinski definition) is 1. The van der Waals surface area contributed by atoms with Gasteiger partial charge in [0.1, 0.15) is 0 Å². The van der Waals surface area contributed by atoms with Gasteiger partial charge in [-0.1, -0.05) is 6.42 Å². The lowest BCUT2D eigenvalue weighted by atomic mass is 9.95. The first-order chi connectivity index (χ1) is 7.31. The Labute approximate surface area is 103 Å². The zero-order valence-electron chi connectivity index (χ0n) is 8.71. The fourth-order valence-corrected chi connectivity index (χ4v) is 4.61. The highest BCUT2D eigenvalue weighted by Gasteiger charge is 2.38. The number of rotatable bonds is 3. The first-order valence-electron chi connectivity index (χ1n) is 5.79. The van der Waals surface area contributed by atoms with Crippen LogP contribution in [0.3, 0.4) is 0 Å². The topological polar surface area (TPSA) is 12.0 Å². The zero-order valence-corrected chi connectivity index (χ0v) is 11.1. The molecule has 1 nitrogen and oxygen atoms in total. The van der Waals surface area contributed by atoms with Crippen molar-refractivity contribution in [2.45, 2.75) is 38.3 Å². The molecule has 2 fully saturated rings. The van der Waals surface area contributed by atoms with Crippen molar-refractivity contribution in [1.29, 1.82) is 0 Å². The molecule has 3 atom stereocenters. The minimum atomic E-state index is 0.810. The van der Waals surface area contributed by atoms with Gasteiger partial charge in [0, 0.05) is 17.5 Å². The Morgan fingerprint density at radius 2 is 2.27 bits per heavy atom. The minimum absolute atomic E-state index is 0.810. The normalized spacial score (nSPS) is 33.8. The van der Waals surface area contributed by atoms with Crippen LogP contribution in [0.1, 0.15) is 30.6 Å². The Morgan fingerprint density at radius 3 is 2.87 bits per heavy atom. The third-order valence-electron chi connectivity index (χ3n) is 3.91. The van der Waals surface area contributed by atoms with Gasteiger partial charge in [0.05, 0.1) is 3.79 Å². The first-order valence-corrected chi connectivity index (χ1v) is 7.40. The van der Waals surface area contributed by atoms with E-state index in [0.717, 1.165) is 24.4 Å². The van der Waals surface area contributed by atoms with Crippen LogP contribution in [0, 0.1) is 11.8 Å². The van der Waals surface area contributed by atoms with Gasteiger partial charge in [0.25, 0.3) is 0 Å². The molecular formula is C12H16BrNS. The molecule has 2 aliphatic rings. The van der Waals surface area contributed by atoms with E-state index in [1.807, 2.05) is 11.3 Å². The van der Waals surface area contributed by atoms with Gasteiger partial charge in [-0.2, -0.15) is 0 Å². The third-order valence-corrected chi connectivity index (χ3v) is 5.53. The molecule has 82 valence electrons. The summed E-state index contributed by atoms with van der Waals surface area (Å²) in [6.45, 7) is 1.06. The van der Waals surface area contributed by atoms with Crippen LogP contribution in [0.2, 0.25) is 0 Å². The van der Waals surface area contributed by atoms with Crippen LogP contribution in [0.4, 0.5) is 0 Å². The summed E-state index contributed by atoms with van der Waals surface area (Å²) in [5, 5.41) is 3.73. The van der Waals surface area contributed by atoms with E-state index in [1.54, 1.807) is 0 Å². The second-order valence-corrected chi connectivity index (χ2v) is 7.42. The van der Waals surface area contributed by atoms with E-state index in [2.05, 4.69) is 33.4 Å². The van der Waals surface area contributed by atoms with E-state index in [4.69, 9.17) is 0 Å². The molecule has 3 heteroatoms. The molecule has 2 saturated carbocycles. The standard InChI is InChI=1S/C12H16BrNS/c13-12-4-3-10(15-12)7-14-11-6-8-1-2-9(11)5-8/h3-4,8-9,11,14H,1-2,5-7H2. The van der Waals surface area contributed by atoms with Crippen LogP contribution in [0.5, 0.6) is 0 Å². The summed E-state index contributed by atoms with van der Waals surface area (Å²) in [7, 11) is 0. The molecule has 0 aromatic carbocycles. The van der Waals surface area contributed by atoms with E-state index in [1.165, 1.54) is 34.3 Å². The molecule has 2 bridgehead atoms. The number of fused-ring (bicyclic) bond motifs is 2. The molecule has 0 amide bonds. The molecule has 1 aromatic rings. The molecular weight excluding hydrogens is 270 g/mol. The number of halogens is 1. The van der Waals surface area contributed by atoms with Crippen molar-refractivity contribution in [3.8, 4) is 0 Å². The predicted molar refractivity (Wildman–Crippen MR) is 68.1 cm³/mol. The second-order valence-electron chi connectivity index (χ2n) is 4.87. The van der Waals surface area contributed by atoms with Gasteiger partial charge in [-0.25, -0.2) is 0 Å². The molecule has 0 radical (unpaired) electrons. The number of hydrogen-bond acceptors (Lipinski definition) is 2. The third kappa shape index (κ3) is 2.15. The van der Waals surface area contributed by atoms with Crippen molar-refractivity contribution >= 4 is 27.3 Å². The van der Waals surface area contributed by atoms with Crippen molar-refractivity contribution in [3.05, 3.63) is 20.8 Å². The van der Waals surface area contributed by atoms with Crippen molar-refractivity contribution in [2.75, 3.05) is 0 Å². The highest BCUT2D eigenvalue weighted by Crippen LogP contribution is 2.44. The molecule has 0 aliphatic heterocycles. The lowest BCUT2D eigenvalue weighted by molar-refractivity contribution is 0.351. The van der Waals surface area contributed by atoms with Crippen LogP contribution >= 0.6 is 27.3 Å². The highest BCUT2D eigenvalue weighted by molar-refractivity contribution is 9.11. The first kappa shape index (κ1) is 10.3. The van der Waals surface area contributed by atoms with E-state index in [-0.39, 0.29) is 0 Å². The molecule has 1 heterocycles. The Hall–Kier alpha value is 0.140. The van der Waals surface area contributed by atoms with Gasteiger partial charge >= 0.3 is 0 Å². The second kappa shape index (κ2) is 4.19. The maximum atomic E-state index is 3.73. The Bertz CT molecular complexity index is 349. The van der Waals surface area contributed by atoms with Gasteiger partial charge in [-0.05, 0) is 59.2 Å². The van der Waals surface area contributed by atoms with Crippen molar-refractivity contribution in [3.63, 3.8) is 0 Å². The molecule has 0 spiro atoms. The summed E-state index contributed by atoms with van der Waals surface area (Å²) in [4.78, 5) is 1.45. The Balaban J connectivity index is 1.54. The average Bonchev–Trinajstić information content (AvgIpc) is 2.90. The van der Waals surface area contributed by atoms with Crippen molar-refractivity contribution < 1.29 is 0 Å². The molecule has 3 rings (SSSR count). The monoisotopic (exact) mass is 285 g/mol. The molecule has 0 saturated heterocycles. The zero-order chi connectivity index (χ0) is 10.3. The summed E-state index contributed by atoms with van der Waals surface area (Å²) in [5.41, 5.74) is 0. The van der Waals surface area contributed by atoms with Gasteiger partial charge in [0.2, 0.25) is 0 Å². The van der Waals surface area contributed by atoms with E-state index in [9.17, 15) is 0 Å². The molecule has 1 aromatic heterocycles. The maximum absolute atomic E-state index is 3.73. The predicted octanol–water partition coefficient (Wildman–Crippen LogP) is 3.79. The van der Waals surface area contributed by atoms with Gasteiger partial charge in [-0.15, -0.1) is 11.3 Å². The van der Waals surface area contributed by atoms with Crippen LogP contribution in [-0.2, 0) is 6.54 Å². The van der Waals surface area contributed by atoms with Gasteiger partial charge in [-0.3, -0.25) is 0 Å². The minimum Gasteiger partial charge on any atom is -0.309 e. The largest absolute Gasteiger partial charge is 0.309 e. The van der Waals surface area contributed by atoms with Gasteiger partial charge in [0.15, 0.2) is 0 Å². The van der Waals surface area contributed by atoms with Crippen molar-refractivity contribution in [2.24, 2.45) is 11.8 Å². The number of thiophene rings is 1. The SMILES string of the molecule is Brc1ccc(CNC2CC3CCC2C3)s1. The lowest BCUT2D eigenvalue weighted by Crippen LogP contribution is -2.33. The molecule has 3 unspecified atom stereocenters. The van der Waals surface area contributed by atoms with Gasteiger partial charge < -0.3 is 5.32 Å². The Kier molecular flexibility index (Phi) is 2.88. The van der Waals surface area contributed by atoms with Crippen LogP contribution < -0.4 is 5.32 Å². The smallest absolute Gasteiger partial charge is 0.0701 e. The summed E-state index contributed by atoms with van der Waals surface area (Å²) < 4.78 is 1.24. The van der Waals surface area contributed by atoms with Crippen LogP contribution in [0.15, 0.2) is 15.9 Å². The lowest BCUT2D eigenvalue weighted by Gasteiger charge is -2.22. The van der Waals surface area contributed by atoms with Crippen LogP contribution in [-0.4, -0.2) is 6.04 Å². The fourth-order valence-electron chi connectivity index (χ4n) is 3.17. The van der Waals surface area contributed by atoms with E-state index < -0.39 is 0 Å².